The Balaban J connectivity index is 3.73. The molecule has 0 saturated carbocycles. The van der Waals surface area contributed by atoms with E-state index < -0.39 is 42.3 Å². The lowest BCUT2D eigenvalue weighted by atomic mass is 9.88. The molecule has 0 amide bonds. The molecule has 0 bridgehead atoms. The van der Waals surface area contributed by atoms with Crippen LogP contribution in [0.3, 0.4) is 0 Å². The molecule has 0 aromatic carbocycles. The highest BCUT2D eigenvalue weighted by atomic mass is 32.3. The maximum Gasteiger partial charge on any atom is 0.288 e. The zero-order valence-corrected chi connectivity index (χ0v) is 10.9. The van der Waals surface area contributed by atoms with Gasteiger partial charge in [-0.3, -0.25) is 9.11 Å². The summed E-state index contributed by atoms with van der Waals surface area (Å²) >= 11 is 0. The van der Waals surface area contributed by atoms with Crippen LogP contribution in [0.2, 0.25) is 0 Å². The van der Waals surface area contributed by atoms with Gasteiger partial charge in [0.15, 0.2) is 0 Å². The van der Waals surface area contributed by atoms with Crippen molar-refractivity contribution in [2.24, 2.45) is 17.4 Å². The van der Waals surface area contributed by atoms with E-state index in [-0.39, 0.29) is 0 Å². The molecule has 8 nitrogen and oxygen atoms in total. The summed E-state index contributed by atoms with van der Waals surface area (Å²) in [6.45, 7) is 3.27. The monoisotopic (exact) mass is 298 g/mol. The van der Waals surface area contributed by atoms with Gasteiger partial charge in [0, 0.05) is 12.3 Å². The maximum absolute atomic E-state index is 11.4. The minimum Gasteiger partial charge on any atom is -0.310 e. The van der Waals surface area contributed by atoms with Crippen molar-refractivity contribution in [3.05, 3.63) is 24.8 Å². The minimum absolute atomic E-state index is 0.898. The van der Waals surface area contributed by atoms with Gasteiger partial charge < -0.3 is 11.5 Å². The van der Waals surface area contributed by atoms with Crippen molar-refractivity contribution in [3.63, 3.8) is 0 Å². The summed E-state index contributed by atoms with van der Waals surface area (Å²) in [4.78, 5) is 0. The van der Waals surface area contributed by atoms with Crippen molar-refractivity contribution in [2.45, 2.75) is 16.2 Å². The fourth-order valence-electron chi connectivity index (χ4n) is 1.95. The average molecular weight is 298 g/mol. The Morgan fingerprint density at radius 3 is 2.00 bits per heavy atom. The van der Waals surface area contributed by atoms with Gasteiger partial charge in [0.25, 0.3) is 20.2 Å². The van der Waals surface area contributed by atoms with Gasteiger partial charge in [-0.2, -0.15) is 16.8 Å². The van der Waals surface area contributed by atoms with Crippen LogP contribution in [0.5, 0.6) is 0 Å². The first-order valence-corrected chi connectivity index (χ1v) is 7.59. The van der Waals surface area contributed by atoms with Crippen LogP contribution in [-0.4, -0.2) is 35.7 Å². The molecule has 10 heteroatoms. The van der Waals surface area contributed by atoms with Crippen molar-refractivity contribution in [2.75, 3.05) is 0 Å². The molecule has 0 spiro atoms. The number of nitrogens with two attached hydrogens (primary N) is 2. The smallest absolute Gasteiger partial charge is 0.288 e. The van der Waals surface area contributed by atoms with E-state index in [0.717, 1.165) is 12.2 Å². The lowest BCUT2D eigenvalue weighted by Gasteiger charge is -2.40. The quantitative estimate of drug-likeness (QED) is 0.288. The molecule has 0 aromatic rings. The molecule has 18 heavy (non-hydrogen) atoms. The van der Waals surface area contributed by atoms with Gasteiger partial charge >= 0.3 is 0 Å². The molecule has 0 aromatic heterocycles. The molecule has 1 rings (SSSR count). The third-order valence-corrected chi connectivity index (χ3v) is 6.64. The molecule has 1 unspecified atom stereocenters. The standard InChI is InChI=1S/C8H14N2O6S2/c1-2-6-3-4-7(9,10)5-8(6,17(11,12)13)18(14,15)16/h2-4,6H,1,5,9-10H2,(H,11,12,13)(H,14,15,16). The fraction of sp³-hybridized carbons (Fsp3) is 0.500. The van der Waals surface area contributed by atoms with Crippen molar-refractivity contribution < 1.29 is 25.9 Å². The van der Waals surface area contributed by atoms with E-state index in [4.69, 9.17) is 11.5 Å². The Morgan fingerprint density at radius 1 is 1.22 bits per heavy atom. The first-order valence-electron chi connectivity index (χ1n) is 4.71. The van der Waals surface area contributed by atoms with Crippen LogP contribution >= 0.6 is 0 Å². The van der Waals surface area contributed by atoms with Crippen molar-refractivity contribution in [1.82, 2.24) is 0 Å². The van der Waals surface area contributed by atoms with Gasteiger partial charge in [-0.25, -0.2) is 0 Å². The van der Waals surface area contributed by atoms with E-state index in [2.05, 4.69) is 6.58 Å². The number of hydrogen-bond donors (Lipinski definition) is 4. The lowest BCUT2D eigenvalue weighted by molar-refractivity contribution is 0.342. The SMILES string of the molecule is C=CC1C=CC(N)(N)CC1(S(=O)(=O)O)S(=O)(=O)O. The second-order valence-electron chi connectivity index (χ2n) is 4.17. The third kappa shape index (κ3) is 2.22. The normalized spacial score (nSPS) is 26.8. The van der Waals surface area contributed by atoms with E-state index in [1.165, 1.54) is 6.08 Å². The van der Waals surface area contributed by atoms with Crippen LogP contribution in [0.25, 0.3) is 0 Å². The molecular weight excluding hydrogens is 284 g/mol. The minimum atomic E-state index is -5.20. The van der Waals surface area contributed by atoms with Gasteiger partial charge in [0.2, 0.25) is 4.08 Å². The summed E-state index contributed by atoms with van der Waals surface area (Å²) in [5.41, 5.74) is 9.14. The highest BCUT2D eigenvalue weighted by Gasteiger charge is 2.62. The Kier molecular flexibility index (Phi) is 3.49. The van der Waals surface area contributed by atoms with Gasteiger partial charge in [0.1, 0.15) is 0 Å². The molecule has 0 heterocycles. The predicted octanol–water partition coefficient (Wildman–Crippen LogP) is -1.17. The van der Waals surface area contributed by atoms with E-state index >= 15 is 0 Å². The van der Waals surface area contributed by atoms with Crippen LogP contribution < -0.4 is 11.5 Å². The highest BCUT2D eigenvalue weighted by molar-refractivity contribution is 8.05. The van der Waals surface area contributed by atoms with Crippen molar-refractivity contribution >= 4 is 20.2 Å². The Hall–Kier alpha value is -0.780. The summed E-state index contributed by atoms with van der Waals surface area (Å²) in [6, 6.07) is 0. The zero-order chi connectivity index (χ0) is 14.4. The van der Waals surface area contributed by atoms with Gasteiger partial charge in [-0.05, 0) is 0 Å². The molecule has 0 radical (unpaired) electrons. The summed E-state index contributed by atoms with van der Waals surface area (Å²) in [6.07, 6.45) is 2.32. The van der Waals surface area contributed by atoms with Crippen molar-refractivity contribution in [1.29, 1.82) is 0 Å². The number of rotatable bonds is 3. The molecule has 0 aliphatic heterocycles. The van der Waals surface area contributed by atoms with Gasteiger partial charge in [-0.15, -0.1) is 6.58 Å². The van der Waals surface area contributed by atoms with E-state index in [1.54, 1.807) is 0 Å². The summed E-state index contributed by atoms with van der Waals surface area (Å²) in [5.74, 6) is -1.37. The van der Waals surface area contributed by atoms with Crippen LogP contribution in [-0.2, 0) is 20.2 Å². The zero-order valence-electron chi connectivity index (χ0n) is 9.22. The van der Waals surface area contributed by atoms with E-state index in [9.17, 15) is 25.9 Å². The summed E-state index contributed by atoms with van der Waals surface area (Å²) < 4.78 is 61.2. The van der Waals surface area contributed by atoms with Crippen LogP contribution in [0.1, 0.15) is 6.42 Å². The molecule has 1 atom stereocenters. The molecule has 104 valence electrons. The van der Waals surface area contributed by atoms with E-state index in [1.807, 2.05) is 0 Å². The Bertz CT molecular complexity index is 557. The van der Waals surface area contributed by atoms with Crippen molar-refractivity contribution in [3.8, 4) is 0 Å². The number of allylic oxidation sites excluding steroid dienone is 2. The summed E-state index contributed by atoms with van der Waals surface area (Å²) in [5, 5.41) is 0. The lowest BCUT2D eigenvalue weighted by Crippen LogP contribution is -2.63. The largest absolute Gasteiger partial charge is 0.310 e. The first kappa shape index (κ1) is 15.3. The average Bonchev–Trinajstić information content (AvgIpc) is 2.12. The van der Waals surface area contributed by atoms with Crippen LogP contribution in [0.15, 0.2) is 24.8 Å². The van der Waals surface area contributed by atoms with Crippen LogP contribution in [0.4, 0.5) is 0 Å². The van der Waals surface area contributed by atoms with E-state index in [0.29, 0.717) is 0 Å². The highest BCUT2D eigenvalue weighted by Crippen LogP contribution is 2.42. The van der Waals surface area contributed by atoms with Gasteiger partial charge in [0.05, 0.1) is 5.66 Å². The molecular formula is C8H14N2O6S2. The first-order chi connectivity index (χ1) is 7.87. The fourth-order valence-corrected chi connectivity index (χ4v) is 4.92. The summed E-state index contributed by atoms with van der Waals surface area (Å²) in [7, 11) is -10.4. The van der Waals surface area contributed by atoms with Gasteiger partial charge in [-0.1, -0.05) is 18.2 Å². The Morgan fingerprint density at radius 2 is 1.67 bits per heavy atom. The maximum atomic E-state index is 11.4. The molecule has 1 aliphatic carbocycles. The second kappa shape index (κ2) is 4.11. The van der Waals surface area contributed by atoms with Crippen LogP contribution in [0, 0.1) is 5.92 Å². The molecule has 0 saturated heterocycles. The second-order valence-corrected chi connectivity index (χ2v) is 7.79. The topological polar surface area (TPSA) is 161 Å². The molecule has 1 aliphatic rings. The Labute approximate surface area is 105 Å². The number of hydrogen-bond acceptors (Lipinski definition) is 6. The molecule has 6 N–H and O–H groups in total. The third-order valence-electron chi connectivity index (χ3n) is 2.80. The predicted molar refractivity (Wildman–Crippen MR) is 64.4 cm³/mol. The molecule has 0 fully saturated rings.